The van der Waals surface area contributed by atoms with Gasteiger partial charge in [0.15, 0.2) is 23.3 Å². The Kier molecular flexibility index (Phi) is 9.17. The Morgan fingerprint density at radius 1 is 0.652 bits per heavy atom. The van der Waals surface area contributed by atoms with E-state index in [-0.39, 0.29) is 29.1 Å². The van der Waals surface area contributed by atoms with E-state index in [1.165, 1.54) is 18.2 Å². The smallest absolute Gasteiger partial charge is 0.429 e. The number of nitrogens with zero attached hydrogens (tertiary/aromatic N) is 2. The molecule has 0 aliphatic carbocycles. The third-order valence-corrected chi connectivity index (χ3v) is 6.90. The Hall–Kier alpha value is -5.13. The Balaban J connectivity index is 1.38. The monoisotopic (exact) mass is 644 g/mol. The molecule has 0 aliphatic heterocycles. The Morgan fingerprint density at radius 3 is 1.74 bits per heavy atom. The topological polar surface area (TPSA) is 35.0 Å². The number of halogens is 9. The summed E-state index contributed by atoms with van der Waals surface area (Å²) in [6.45, 7) is 1.92. The van der Waals surface area contributed by atoms with Crippen molar-refractivity contribution < 1.29 is 44.3 Å². The van der Waals surface area contributed by atoms with Gasteiger partial charge in [-0.2, -0.15) is 8.78 Å². The van der Waals surface area contributed by atoms with Gasteiger partial charge in [-0.15, -0.1) is 0 Å². The molecule has 1 heterocycles. The van der Waals surface area contributed by atoms with E-state index in [0.717, 1.165) is 30.5 Å². The van der Waals surface area contributed by atoms with Crippen molar-refractivity contribution in [2.45, 2.75) is 25.9 Å². The zero-order valence-corrected chi connectivity index (χ0v) is 23.7. The van der Waals surface area contributed by atoms with Crippen LogP contribution in [0.5, 0.6) is 5.75 Å². The van der Waals surface area contributed by atoms with Crippen LogP contribution >= 0.6 is 0 Å². The molecule has 0 saturated heterocycles. The lowest BCUT2D eigenvalue weighted by Gasteiger charge is -2.20. The molecule has 0 fully saturated rings. The Bertz CT molecular complexity index is 1900. The summed E-state index contributed by atoms with van der Waals surface area (Å²) >= 11 is 0. The second-order valence-corrected chi connectivity index (χ2v) is 10.0. The molecule has 0 spiro atoms. The summed E-state index contributed by atoms with van der Waals surface area (Å²) in [4.78, 5) is 8.55. The van der Waals surface area contributed by atoms with Crippen LogP contribution in [0.2, 0.25) is 0 Å². The molecule has 0 saturated carbocycles. The number of ether oxygens (including phenoxy) is 1. The van der Waals surface area contributed by atoms with E-state index < -0.39 is 69.3 Å². The minimum absolute atomic E-state index is 0.00432. The van der Waals surface area contributed by atoms with E-state index >= 15 is 8.78 Å². The third-order valence-electron chi connectivity index (χ3n) is 6.90. The summed E-state index contributed by atoms with van der Waals surface area (Å²) < 4.78 is 133. The van der Waals surface area contributed by atoms with Crippen LogP contribution in [0, 0.1) is 40.7 Å². The van der Waals surface area contributed by atoms with Crippen molar-refractivity contribution >= 4 is 0 Å². The molecular weight excluding hydrogens is 623 g/mol. The highest BCUT2D eigenvalue weighted by Gasteiger charge is 2.41. The summed E-state index contributed by atoms with van der Waals surface area (Å²) in [5.74, 6) is -12.2. The van der Waals surface area contributed by atoms with Gasteiger partial charge in [0, 0.05) is 41.2 Å². The largest absolute Gasteiger partial charge is 0.432 e. The van der Waals surface area contributed by atoms with Crippen LogP contribution in [-0.2, 0) is 12.5 Å². The van der Waals surface area contributed by atoms with Crippen LogP contribution in [0.4, 0.5) is 39.5 Å². The molecule has 46 heavy (non-hydrogen) atoms. The van der Waals surface area contributed by atoms with Gasteiger partial charge in [-0.3, -0.25) is 0 Å². The van der Waals surface area contributed by atoms with Crippen LogP contribution in [0.15, 0.2) is 85.2 Å². The van der Waals surface area contributed by atoms with Gasteiger partial charge in [0.05, 0.1) is 0 Å². The maximum Gasteiger partial charge on any atom is 0.432 e. The summed E-state index contributed by atoms with van der Waals surface area (Å²) in [7, 11) is 0. The molecule has 0 unspecified atom stereocenters. The lowest BCUT2D eigenvalue weighted by Crippen LogP contribution is -2.25. The number of aryl methyl sites for hydroxylation is 1. The van der Waals surface area contributed by atoms with Crippen molar-refractivity contribution in [2.24, 2.45) is 0 Å². The number of rotatable bonds is 9. The second-order valence-electron chi connectivity index (χ2n) is 10.0. The van der Waals surface area contributed by atoms with Gasteiger partial charge < -0.3 is 4.74 Å². The fraction of sp³-hybridized carbons (Fsp3) is 0.118. The van der Waals surface area contributed by atoms with Crippen molar-refractivity contribution in [3.8, 4) is 39.4 Å². The minimum Gasteiger partial charge on any atom is -0.429 e. The molecule has 236 valence electrons. The standard InChI is InChI=1S/C34H21F9N2O/c1-2-3-4-5-18-16-44-33(45-17-18)20-7-9-23(26(36)11-20)19-6-8-24(25(35)10-19)21-12-27(37)31(28(38)13-21)34(42,43)46-22-14-29(39)32(41)30(40)15-22/h2-3,6-17H,4-5H2,1H3/b3-2+. The molecular formula is C34H21F9N2O. The van der Waals surface area contributed by atoms with Gasteiger partial charge in [-0.1, -0.05) is 36.4 Å². The van der Waals surface area contributed by atoms with E-state index in [1.54, 1.807) is 18.5 Å². The third kappa shape index (κ3) is 6.75. The van der Waals surface area contributed by atoms with Crippen molar-refractivity contribution in [2.75, 3.05) is 0 Å². The first-order valence-corrected chi connectivity index (χ1v) is 13.6. The van der Waals surface area contributed by atoms with E-state index in [1.807, 2.05) is 19.1 Å². The number of allylic oxidation sites excluding steroid dienone is 2. The van der Waals surface area contributed by atoms with Gasteiger partial charge in [-0.25, -0.2) is 40.7 Å². The van der Waals surface area contributed by atoms with Gasteiger partial charge in [0.2, 0.25) is 0 Å². The predicted molar refractivity (Wildman–Crippen MR) is 152 cm³/mol. The molecule has 12 heteroatoms. The molecule has 0 aliphatic rings. The fourth-order valence-corrected chi connectivity index (χ4v) is 4.65. The lowest BCUT2D eigenvalue weighted by atomic mass is 9.97. The van der Waals surface area contributed by atoms with Crippen molar-refractivity contribution in [1.82, 2.24) is 9.97 Å². The number of benzene rings is 4. The second kappa shape index (κ2) is 13.1. The first-order chi connectivity index (χ1) is 21.9. The highest BCUT2D eigenvalue weighted by Crippen LogP contribution is 2.39. The predicted octanol–water partition coefficient (Wildman–Crippen LogP) is 10.1. The average Bonchev–Trinajstić information content (AvgIpc) is 2.99. The molecule has 4 aromatic carbocycles. The molecule has 5 aromatic rings. The zero-order chi connectivity index (χ0) is 33.2. The normalized spacial score (nSPS) is 11.8. The summed E-state index contributed by atoms with van der Waals surface area (Å²) in [6.07, 6.45) is 3.99. The first-order valence-electron chi connectivity index (χ1n) is 13.6. The number of aromatic nitrogens is 2. The Morgan fingerprint density at radius 2 is 1.17 bits per heavy atom. The summed E-state index contributed by atoms with van der Waals surface area (Å²) in [5, 5.41) is 0. The quantitative estimate of drug-likeness (QED) is 0.0910. The van der Waals surface area contributed by atoms with Gasteiger partial charge >= 0.3 is 6.11 Å². The van der Waals surface area contributed by atoms with E-state index in [9.17, 15) is 30.7 Å². The molecule has 0 N–H and O–H groups in total. The maximum atomic E-state index is 15.2. The lowest BCUT2D eigenvalue weighted by molar-refractivity contribution is -0.189. The highest BCUT2D eigenvalue weighted by atomic mass is 19.3. The molecule has 0 radical (unpaired) electrons. The van der Waals surface area contributed by atoms with E-state index in [0.29, 0.717) is 17.7 Å². The fourth-order valence-electron chi connectivity index (χ4n) is 4.65. The van der Waals surface area contributed by atoms with Gasteiger partial charge in [-0.05, 0) is 60.7 Å². The van der Waals surface area contributed by atoms with Gasteiger partial charge in [0.25, 0.3) is 0 Å². The van der Waals surface area contributed by atoms with Gasteiger partial charge in [0.1, 0.15) is 34.6 Å². The molecule has 1 aromatic heterocycles. The number of alkyl halides is 2. The van der Waals surface area contributed by atoms with Crippen LogP contribution in [0.25, 0.3) is 33.6 Å². The molecule has 0 atom stereocenters. The number of hydrogen-bond donors (Lipinski definition) is 0. The zero-order valence-electron chi connectivity index (χ0n) is 23.7. The van der Waals surface area contributed by atoms with Crippen LogP contribution in [0.3, 0.4) is 0 Å². The summed E-state index contributed by atoms with van der Waals surface area (Å²) in [6, 6.07) is 8.31. The van der Waals surface area contributed by atoms with E-state index in [2.05, 4.69) is 14.7 Å². The Labute approximate surface area is 256 Å². The average molecular weight is 645 g/mol. The number of hydrogen-bond acceptors (Lipinski definition) is 3. The van der Waals surface area contributed by atoms with Crippen LogP contribution < -0.4 is 4.74 Å². The van der Waals surface area contributed by atoms with Crippen molar-refractivity contribution in [1.29, 1.82) is 0 Å². The molecule has 3 nitrogen and oxygen atoms in total. The van der Waals surface area contributed by atoms with Crippen LogP contribution in [-0.4, -0.2) is 9.97 Å². The maximum absolute atomic E-state index is 15.2. The molecule has 5 rings (SSSR count). The minimum atomic E-state index is -4.81. The summed E-state index contributed by atoms with van der Waals surface area (Å²) in [5.41, 5.74) is -1.48. The van der Waals surface area contributed by atoms with Crippen molar-refractivity contribution in [3.63, 3.8) is 0 Å². The highest BCUT2D eigenvalue weighted by molar-refractivity contribution is 5.73. The van der Waals surface area contributed by atoms with Crippen LogP contribution in [0.1, 0.15) is 24.5 Å². The van der Waals surface area contributed by atoms with Crippen molar-refractivity contribution in [3.05, 3.63) is 137 Å². The first kappa shape index (κ1) is 32.3. The SMILES string of the molecule is C/C=C/CCc1cnc(-c2ccc(-c3ccc(-c4cc(F)c(C(F)(F)Oc5cc(F)c(F)c(F)c5)c(F)c4)c(F)c3)c(F)c2)nc1. The molecule has 0 amide bonds. The van der Waals surface area contributed by atoms with E-state index in [4.69, 9.17) is 0 Å². The molecule has 0 bridgehead atoms.